The monoisotopic (exact) mass is 626 g/mol. The molecule has 252 valence electrons. The molecular weight excluding hydrogens is 576 g/mol. The Labute approximate surface area is 251 Å². The molecule has 43 heavy (non-hydrogen) atoms. The van der Waals surface area contributed by atoms with Crippen molar-refractivity contribution in [3.8, 4) is 0 Å². The molecule has 2 aliphatic heterocycles. The summed E-state index contributed by atoms with van der Waals surface area (Å²) in [4.78, 5) is 24.4. The van der Waals surface area contributed by atoms with E-state index in [1.165, 1.54) is 0 Å². The van der Waals surface area contributed by atoms with E-state index in [2.05, 4.69) is 6.92 Å². The number of aliphatic hydroxyl groups is 7. The van der Waals surface area contributed by atoms with E-state index in [0.29, 0.717) is 12.8 Å². The van der Waals surface area contributed by atoms with Gasteiger partial charge in [0.25, 0.3) is 0 Å². The maximum absolute atomic E-state index is 12.5. The Morgan fingerprint density at radius 2 is 1.23 bits per heavy atom. The minimum absolute atomic E-state index is 0.163. The van der Waals surface area contributed by atoms with Crippen LogP contribution in [0.15, 0.2) is 0 Å². The van der Waals surface area contributed by atoms with Crippen LogP contribution in [-0.4, -0.2) is 142 Å². The normalized spacial score (nSPS) is 33.6. The molecule has 0 aliphatic carbocycles. The van der Waals surface area contributed by atoms with Gasteiger partial charge in [-0.1, -0.05) is 46.0 Å². The van der Waals surface area contributed by atoms with Crippen molar-refractivity contribution in [2.45, 2.75) is 139 Å². The molecule has 15 heteroatoms. The topological polar surface area (TPSA) is 231 Å². The summed E-state index contributed by atoms with van der Waals surface area (Å²) in [6.07, 6.45) is -10.0. The van der Waals surface area contributed by atoms with E-state index in [4.69, 9.17) is 28.4 Å². The van der Waals surface area contributed by atoms with E-state index in [1.807, 2.05) is 6.92 Å². The Kier molecular flexibility index (Phi) is 17.3. The first-order chi connectivity index (χ1) is 20.5. The maximum atomic E-state index is 12.5. The molecule has 2 rings (SSSR count). The van der Waals surface area contributed by atoms with Gasteiger partial charge in [-0.2, -0.15) is 0 Å². The number of carbonyl (C=O) groups excluding carboxylic acids is 2. The summed E-state index contributed by atoms with van der Waals surface area (Å²) >= 11 is 0. The van der Waals surface area contributed by atoms with Crippen LogP contribution in [0.2, 0.25) is 0 Å². The highest BCUT2D eigenvalue weighted by atomic mass is 16.7. The molecule has 7 N–H and O–H groups in total. The summed E-state index contributed by atoms with van der Waals surface area (Å²) in [6, 6.07) is 0. The molecule has 0 saturated carbocycles. The van der Waals surface area contributed by atoms with Crippen molar-refractivity contribution in [2.75, 3.05) is 26.4 Å². The third kappa shape index (κ3) is 12.1. The lowest BCUT2D eigenvalue weighted by Gasteiger charge is -2.42. The van der Waals surface area contributed by atoms with E-state index in [-0.39, 0.29) is 26.1 Å². The molecular formula is C28H50O15. The summed E-state index contributed by atoms with van der Waals surface area (Å²) in [6.45, 7) is 2.03. The van der Waals surface area contributed by atoms with Crippen molar-refractivity contribution < 1.29 is 73.8 Å². The van der Waals surface area contributed by atoms with E-state index in [0.717, 1.165) is 32.1 Å². The third-order valence-corrected chi connectivity index (χ3v) is 7.31. The lowest BCUT2D eigenvalue weighted by molar-refractivity contribution is -0.332. The predicted molar refractivity (Wildman–Crippen MR) is 146 cm³/mol. The number of unbranched alkanes of at least 4 members (excludes halogenated alkanes) is 5. The van der Waals surface area contributed by atoms with Crippen LogP contribution in [0.4, 0.5) is 0 Å². The molecule has 11 unspecified atom stereocenters. The van der Waals surface area contributed by atoms with Gasteiger partial charge in [0.05, 0.1) is 19.8 Å². The Morgan fingerprint density at radius 3 is 1.86 bits per heavy atom. The Bertz CT molecular complexity index is 798. The Morgan fingerprint density at radius 1 is 0.651 bits per heavy atom. The zero-order chi connectivity index (χ0) is 31.9. The smallest absolute Gasteiger partial charge is 0.306 e. The molecule has 11 atom stereocenters. The van der Waals surface area contributed by atoms with Gasteiger partial charge < -0.3 is 64.2 Å². The average Bonchev–Trinajstić information content (AvgIpc) is 2.99. The van der Waals surface area contributed by atoms with Gasteiger partial charge in [-0.05, 0) is 12.8 Å². The minimum Gasteiger partial charge on any atom is -0.462 e. The molecule has 2 fully saturated rings. The zero-order valence-corrected chi connectivity index (χ0v) is 24.9. The summed E-state index contributed by atoms with van der Waals surface area (Å²) < 4.78 is 32.5. The zero-order valence-electron chi connectivity index (χ0n) is 24.9. The maximum Gasteiger partial charge on any atom is 0.306 e. The van der Waals surface area contributed by atoms with Crippen LogP contribution in [0.1, 0.15) is 71.6 Å². The number of ether oxygens (including phenoxy) is 6. The molecule has 0 aromatic rings. The fourth-order valence-electron chi connectivity index (χ4n) is 4.66. The molecule has 0 radical (unpaired) electrons. The molecule has 2 heterocycles. The second-order valence-corrected chi connectivity index (χ2v) is 10.9. The van der Waals surface area contributed by atoms with Gasteiger partial charge in [0, 0.05) is 12.8 Å². The van der Waals surface area contributed by atoms with Crippen molar-refractivity contribution in [2.24, 2.45) is 0 Å². The highest BCUT2D eigenvalue weighted by molar-refractivity contribution is 5.70. The molecule has 0 amide bonds. The number of hydrogen-bond acceptors (Lipinski definition) is 15. The average molecular weight is 627 g/mol. The van der Waals surface area contributed by atoms with Gasteiger partial charge in [-0.3, -0.25) is 9.59 Å². The standard InChI is InChI=1S/C28H50O15/c1-3-5-6-7-8-9-11-20(31)41-16(13-38-19(30)10-4-2)14-39-27-26(37)24(35)22(33)18(43-27)15-40-28-25(36)23(34)21(32)17(12-29)42-28/h16-18,21-29,32-37H,3-15H2,1-2H3. The van der Waals surface area contributed by atoms with Gasteiger partial charge in [0.15, 0.2) is 18.7 Å². The lowest BCUT2D eigenvalue weighted by Crippen LogP contribution is -2.61. The Hall–Kier alpha value is -1.50. The highest BCUT2D eigenvalue weighted by Gasteiger charge is 2.47. The SMILES string of the molecule is CCCCCCCCC(=O)OC(COC(=O)CCC)COC1OC(COC2OC(CO)C(O)C(O)C2O)C(O)C(O)C1O. The second kappa shape index (κ2) is 19.8. The molecule has 0 bridgehead atoms. The highest BCUT2D eigenvalue weighted by Crippen LogP contribution is 2.26. The summed E-state index contributed by atoms with van der Waals surface area (Å²) in [7, 11) is 0. The fourth-order valence-corrected chi connectivity index (χ4v) is 4.66. The van der Waals surface area contributed by atoms with Gasteiger partial charge in [-0.25, -0.2) is 0 Å². The van der Waals surface area contributed by atoms with Crippen molar-refractivity contribution in [3.63, 3.8) is 0 Å². The van der Waals surface area contributed by atoms with Crippen LogP contribution in [0.3, 0.4) is 0 Å². The molecule has 2 saturated heterocycles. The van der Waals surface area contributed by atoms with E-state index in [9.17, 15) is 45.3 Å². The number of rotatable bonds is 19. The molecule has 15 nitrogen and oxygen atoms in total. The van der Waals surface area contributed by atoms with Gasteiger partial charge in [0.1, 0.15) is 55.4 Å². The van der Waals surface area contributed by atoms with E-state index in [1.54, 1.807) is 0 Å². The first kappa shape index (κ1) is 37.7. The lowest BCUT2D eigenvalue weighted by atomic mass is 9.98. The molecule has 0 aromatic carbocycles. The molecule has 2 aliphatic rings. The number of hydrogen-bond donors (Lipinski definition) is 7. The summed E-state index contributed by atoms with van der Waals surface area (Å²) in [5.41, 5.74) is 0. The summed E-state index contributed by atoms with van der Waals surface area (Å²) in [5.74, 6) is -1.00. The van der Waals surface area contributed by atoms with E-state index >= 15 is 0 Å². The van der Waals surface area contributed by atoms with Gasteiger partial charge in [-0.15, -0.1) is 0 Å². The molecule has 0 aromatic heterocycles. The predicted octanol–water partition coefficient (Wildman–Crippen LogP) is -1.37. The van der Waals surface area contributed by atoms with Crippen molar-refractivity contribution >= 4 is 11.9 Å². The van der Waals surface area contributed by atoms with Gasteiger partial charge in [0.2, 0.25) is 0 Å². The van der Waals surface area contributed by atoms with E-state index < -0.39 is 92.7 Å². The fraction of sp³-hybridized carbons (Fsp3) is 0.929. The number of aliphatic hydroxyl groups excluding tert-OH is 7. The van der Waals surface area contributed by atoms with Crippen LogP contribution < -0.4 is 0 Å². The minimum atomic E-state index is -1.75. The Balaban J connectivity index is 1.96. The number of carbonyl (C=O) groups is 2. The van der Waals surface area contributed by atoms with Crippen LogP contribution in [-0.2, 0) is 38.0 Å². The van der Waals surface area contributed by atoms with Crippen LogP contribution in [0, 0.1) is 0 Å². The van der Waals surface area contributed by atoms with Crippen molar-refractivity contribution in [1.82, 2.24) is 0 Å². The summed E-state index contributed by atoms with van der Waals surface area (Å²) in [5, 5.41) is 70.7. The van der Waals surface area contributed by atoms with Gasteiger partial charge >= 0.3 is 11.9 Å². The van der Waals surface area contributed by atoms with Crippen molar-refractivity contribution in [3.05, 3.63) is 0 Å². The quantitative estimate of drug-likeness (QED) is 0.0648. The van der Waals surface area contributed by atoms with Crippen LogP contribution in [0.25, 0.3) is 0 Å². The third-order valence-electron chi connectivity index (χ3n) is 7.31. The first-order valence-electron chi connectivity index (χ1n) is 15.1. The first-order valence-corrected chi connectivity index (χ1v) is 15.1. The largest absolute Gasteiger partial charge is 0.462 e. The molecule has 0 spiro atoms. The van der Waals surface area contributed by atoms with Crippen molar-refractivity contribution in [1.29, 1.82) is 0 Å². The van der Waals surface area contributed by atoms with Crippen LogP contribution >= 0.6 is 0 Å². The second-order valence-electron chi connectivity index (χ2n) is 10.9. The number of esters is 2. The van der Waals surface area contributed by atoms with Crippen LogP contribution in [0.5, 0.6) is 0 Å².